The Labute approximate surface area is 349 Å². The standard InChI is InChI=1S/C52H58BN3Si2/c1-35-16-19-39(20-17-35)55-46-29-18-36(2)32-45(46)53-44-15-13-14-43-50(44)56(52(4)31-12-11-30-51(43,52)3)48-34-40(33-47(55)49(48)53)54(37-21-25-41(26-22-37)57(5,6)7)38-23-27-42(28-24-38)58(8,9)10/h13-29,32-34H,11-12,30-31H2,1-10H3. The van der Waals surface area contributed by atoms with Crippen molar-refractivity contribution in [3.05, 3.63) is 138 Å². The van der Waals surface area contributed by atoms with E-state index in [1.54, 1.807) is 5.56 Å². The van der Waals surface area contributed by atoms with Crippen molar-refractivity contribution in [3.63, 3.8) is 0 Å². The lowest BCUT2D eigenvalue weighted by molar-refractivity contribution is 0.195. The lowest BCUT2D eigenvalue weighted by Crippen LogP contribution is -2.64. The van der Waals surface area contributed by atoms with Gasteiger partial charge in [0.1, 0.15) is 0 Å². The molecule has 0 aromatic heterocycles. The summed E-state index contributed by atoms with van der Waals surface area (Å²) in [5, 5.41) is 2.97. The summed E-state index contributed by atoms with van der Waals surface area (Å²) in [4.78, 5) is 8.00. The minimum Gasteiger partial charge on any atom is -0.335 e. The topological polar surface area (TPSA) is 9.72 Å². The molecule has 292 valence electrons. The van der Waals surface area contributed by atoms with E-state index in [0.717, 1.165) is 0 Å². The van der Waals surface area contributed by atoms with Gasteiger partial charge in [0.15, 0.2) is 0 Å². The molecule has 2 unspecified atom stereocenters. The molecule has 6 heteroatoms. The summed E-state index contributed by atoms with van der Waals surface area (Å²) in [6.45, 7) is 24.4. The van der Waals surface area contributed by atoms with Crippen LogP contribution in [0.15, 0.2) is 121 Å². The highest BCUT2D eigenvalue weighted by atomic mass is 28.3. The van der Waals surface area contributed by atoms with Crippen LogP contribution in [0, 0.1) is 13.8 Å². The van der Waals surface area contributed by atoms with Gasteiger partial charge in [0, 0.05) is 45.2 Å². The van der Waals surface area contributed by atoms with Gasteiger partial charge in [0.2, 0.25) is 0 Å². The number of hydrogen-bond acceptors (Lipinski definition) is 3. The van der Waals surface area contributed by atoms with Crippen LogP contribution in [0.5, 0.6) is 0 Å². The molecule has 0 bridgehead atoms. The predicted molar refractivity (Wildman–Crippen MR) is 259 cm³/mol. The Kier molecular flexibility index (Phi) is 8.31. The molecule has 3 nitrogen and oxygen atoms in total. The van der Waals surface area contributed by atoms with Gasteiger partial charge < -0.3 is 14.7 Å². The summed E-state index contributed by atoms with van der Waals surface area (Å²) in [5.41, 5.74) is 18.6. The van der Waals surface area contributed by atoms with Crippen LogP contribution in [0.3, 0.4) is 0 Å². The van der Waals surface area contributed by atoms with Crippen LogP contribution < -0.4 is 41.5 Å². The average molecular weight is 792 g/mol. The SMILES string of the molecule is Cc1ccc(N2c3ccc(C)cc3B3c4cccc5c4N(c4cc(N(c6ccc([Si](C)(C)C)cc6)c6ccc([Si](C)(C)C)cc6)cc2c43)C2(C)CCCCC52C)cc1. The highest BCUT2D eigenvalue weighted by Gasteiger charge is 2.61. The normalized spacial score (nSPS) is 20.3. The Morgan fingerprint density at radius 3 is 1.78 bits per heavy atom. The molecule has 2 atom stereocenters. The number of para-hydroxylation sites is 1. The van der Waals surface area contributed by atoms with Gasteiger partial charge in [0.05, 0.1) is 27.4 Å². The van der Waals surface area contributed by atoms with Gasteiger partial charge in [-0.25, -0.2) is 0 Å². The Morgan fingerprint density at radius 1 is 0.569 bits per heavy atom. The number of anilines is 8. The predicted octanol–water partition coefficient (Wildman–Crippen LogP) is 11.2. The van der Waals surface area contributed by atoms with Crippen LogP contribution in [0.2, 0.25) is 39.3 Å². The third-order valence-electron chi connectivity index (χ3n) is 14.6. The molecule has 6 aromatic carbocycles. The molecule has 58 heavy (non-hydrogen) atoms. The Balaban J connectivity index is 1.30. The van der Waals surface area contributed by atoms with Crippen LogP contribution >= 0.6 is 0 Å². The van der Waals surface area contributed by atoms with E-state index >= 15 is 0 Å². The van der Waals surface area contributed by atoms with Gasteiger partial charge in [0.25, 0.3) is 6.71 Å². The number of benzene rings is 6. The van der Waals surface area contributed by atoms with E-state index in [9.17, 15) is 0 Å². The van der Waals surface area contributed by atoms with E-state index < -0.39 is 16.1 Å². The Bertz CT molecular complexity index is 2550. The van der Waals surface area contributed by atoms with Gasteiger partial charge in [-0.2, -0.15) is 0 Å². The quantitative estimate of drug-likeness (QED) is 0.155. The second-order valence-electron chi connectivity index (χ2n) is 20.4. The molecule has 3 heterocycles. The maximum absolute atomic E-state index is 2.87. The van der Waals surface area contributed by atoms with Crippen LogP contribution in [-0.2, 0) is 5.41 Å². The first-order valence-electron chi connectivity index (χ1n) is 21.7. The molecular formula is C52H58BN3Si2. The molecule has 1 aliphatic carbocycles. The fourth-order valence-corrected chi connectivity index (χ4v) is 13.5. The Hall–Kier alpha value is -4.78. The lowest BCUT2D eigenvalue weighted by Gasteiger charge is -2.53. The third-order valence-corrected chi connectivity index (χ3v) is 18.8. The number of aryl methyl sites for hydroxylation is 2. The first-order valence-corrected chi connectivity index (χ1v) is 28.7. The van der Waals surface area contributed by atoms with Crippen molar-refractivity contribution in [1.82, 2.24) is 0 Å². The summed E-state index contributed by atoms with van der Waals surface area (Å²) in [6.07, 6.45) is 4.93. The van der Waals surface area contributed by atoms with E-state index in [4.69, 9.17) is 0 Å². The zero-order valence-electron chi connectivity index (χ0n) is 36.3. The third kappa shape index (κ3) is 5.43. The first kappa shape index (κ1) is 37.5. The van der Waals surface area contributed by atoms with E-state index in [0.29, 0.717) is 0 Å². The van der Waals surface area contributed by atoms with Crippen molar-refractivity contribution >= 4 is 95.1 Å². The molecule has 3 aliphatic heterocycles. The second kappa shape index (κ2) is 12.9. The lowest BCUT2D eigenvalue weighted by atomic mass is 9.33. The highest BCUT2D eigenvalue weighted by Crippen LogP contribution is 2.62. The van der Waals surface area contributed by atoms with E-state index in [-0.39, 0.29) is 17.7 Å². The molecular weight excluding hydrogens is 734 g/mol. The maximum atomic E-state index is 2.87. The van der Waals surface area contributed by atoms with Gasteiger partial charge in [-0.3, -0.25) is 0 Å². The zero-order valence-corrected chi connectivity index (χ0v) is 38.3. The summed E-state index contributed by atoms with van der Waals surface area (Å²) in [5.74, 6) is 0. The van der Waals surface area contributed by atoms with Crippen LogP contribution in [0.4, 0.5) is 45.5 Å². The smallest absolute Gasteiger partial charge is 0.252 e. The van der Waals surface area contributed by atoms with E-state index in [1.807, 2.05) is 0 Å². The van der Waals surface area contributed by atoms with E-state index in [1.165, 1.54) is 109 Å². The minimum absolute atomic E-state index is 0.0502. The fraction of sp³-hybridized carbons (Fsp3) is 0.308. The van der Waals surface area contributed by atoms with Crippen LogP contribution in [0.1, 0.15) is 56.2 Å². The van der Waals surface area contributed by atoms with Crippen LogP contribution in [-0.4, -0.2) is 28.4 Å². The van der Waals surface area contributed by atoms with Crippen molar-refractivity contribution in [2.75, 3.05) is 14.7 Å². The highest BCUT2D eigenvalue weighted by molar-refractivity contribution is 7.00. The molecule has 6 aromatic rings. The van der Waals surface area contributed by atoms with Gasteiger partial charge in [-0.15, -0.1) is 0 Å². The monoisotopic (exact) mass is 791 g/mol. The summed E-state index contributed by atoms with van der Waals surface area (Å²) in [7, 11) is -3.00. The van der Waals surface area contributed by atoms with E-state index in [2.05, 4.69) is 203 Å². The number of fused-ring (bicyclic) bond motifs is 7. The molecule has 1 saturated carbocycles. The second-order valence-corrected chi connectivity index (χ2v) is 30.5. The summed E-state index contributed by atoms with van der Waals surface area (Å²) in [6, 6.07) is 47.9. The van der Waals surface area contributed by atoms with Crippen molar-refractivity contribution < 1.29 is 0 Å². The number of nitrogens with zero attached hydrogens (tertiary/aromatic N) is 3. The molecule has 0 radical (unpaired) electrons. The molecule has 0 saturated heterocycles. The number of rotatable bonds is 6. The van der Waals surface area contributed by atoms with Crippen molar-refractivity contribution in [2.24, 2.45) is 0 Å². The largest absolute Gasteiger partial charge is 0.335 e. The molecule has 1 fully saturated rings. The molecule has 10 rings (SSSR count). The first-order chi connectivity index (χ1) is 27.6. The van der Waals surface area contributed by atoms with Crippen LogP contribution in [0.25, 0.3) is 0 Å². The molecule has 4 aliphatic rings. The van der Waals surface area contributed by atoms with Gasteiger partial charge in [-0.1, -0.05) is 147 Å². The molecule has 0 amide bonds. The number of hydrogen-bond donors (Lipinski definition) is 0. The fourth-order valence-electron chi connectivity index (χ4n) is 11.2. The van der Waals surface area contributed by atoms with Crippen molar-refractivity contribution in [3.8, 4) is 0 Å². The molecule has 0 spiro atoms. The summed E-state index contributed by atoms with van der Waals surface area (Å²) >= 11 is 0. The van der Waals surface area contributed by atoms with Gasteiger partial charge >= 0.3 is 0 Å². The van der Waals surface area contributed by atoms with Gasteiger partial charge in [-0.05, 0) is 110 Å². The van der Waals surface area contributed by atoms with Crippen molar-refractivity contribution in [1.29, 1.82) is 0 Å². The summed E-state index contributed by atoms with van der Waals surface area (Å²) < 4.78 is 0. The van der Waals surface area contributed by atoms with Crippen molar-refractivity contribution in [2.45, 2.75) is 104 Å². The molecule has 0 N–H and O–H groups in total. The Morgan fingerprint density at radius 2 is 1.16 bits per heavy atom. The minimum atomic E-state index is -1.50. The maximum Gasteiger partial charge on any atom is 0.252 e. The average Bonchev–Trinajstić information content (AvgIpc) is 3.40. The zero-order chi connectivity index (χ0) is 40.5.